The molecule has 0 radical (unpaired) electrons. The number of aromatic nitrogens is 2. The zero-order valence-corrected chi connectivity index (χ0v) is 13.2. The summed E-state index contributed by atoms with van der Waals surface area (Å²) in [6.45, 7) is 6.80. The van der Waals surface area contributed by atoms with E-state index in [2.05, 4.69) is 20.0 Å². The first-order valence-corrected chi connectivity index (χ1v) is 8.60. The molecule has 0 aliphatic carbocycles. The van der Waals surface area contributed by atoms with E-state index in [0.717, 1.165) is 32.2 Å². The Morgan fingerprint density at radius 1 is 1.15 bits per heavy atom. The SMILES string of the molecule is CCCNc1ncc(S(=O)(=O)NC(CC)CCC)cn1. The summed E-state index contributed by atoms with van der Waals surface area (Å²) >= 11 is 0. The molecule has 1 aromatic rings. The van der Waals surface area contributed by atoms with E-state index in [9.17, 15) is 8.42 Å². The van der Waals surface area contributed by atoms with Gasteiger partial charge in [0.05, 0.1) is 12.4 Å². The van der Waals surface area contributed by atoms with Crippen LogP contribution in [0.15, 0.2) is 17.3 Å². The molecule has 1 unspecified atom stereocenters. The molecule has 1 aromatic heterocycles. The molecule has 114 valence electrons. The first kappa shape index (κ1) is 16.8. The minimum absolute atomic E-state index is 0.0390. The summed E-state index contributed by atoms with van der Waals surface area (Å²) in [5.41, 5.74) is 0. The quantitative estimate of drug-likeness (QED) is 0.730. The summed E-state index contributed by atoms with van der Waals surface area (Å²) in [4.78, 5) is 8.15. The van der Waals surface area contributed by atoms with E-state index in [1.807, 2.05) is 20.8 Å². The zero-order chi connectivity index (χ0) is 15.0. The molecule has 20 heavy (non-hydrogen) atoms. The van der Waals surface area contributed by atoms with Crippen molar-refractivity contribution >= 4 is 16.0 Å². The monoisotopic (exact) mass is 300 g/mol. The lowest BCUT2D eigenvalue weighted by molar-refractivity contribution is 0.512. The number of hydrogen-bond donors (Lipinski definition) is 2. The van der Waals surface area contributed by atoms with Crippen molar-refractivity contribution in [1.82, 2.24) is 14.7 Å². The van der Waals surface area contributed by atoms with Crippen LogP contribution in [0.3, 0.4) is 0 Å². The van der Waals surface area contributed by atoms with Crippen molar-refractivity contribution in [1.29, 1.82) is 0 Å². The van der Waals surface area contributed by atoms with Gasteiger partial charge in [0, 0.05) is 12.6 Å². The van der Waals surface area contributed by atoms with Crippen molar-refractivity contribution in [3.63, 3.8) is 0 Å². The van der Waals surface area contributed by atoms with E-state index in [1.54, 1.807) is 0 Å². The van der Waals surface area contributed by atoms with Gasteiger partial charge in [-0.1, -0.05) is 27.2 Å². The van der Waals surface area contributed by atoms with Gasteiger partial charge in [0.2, 0.25) is 16.0 Å². The van der Waals surface area contributed by atoms with Crippen molar-refractivity contribution in [2.24, 2.45) is 0 Å². The van der Waals surface area contributed by atoms with E-state index in [4.69, 9.17) is 0 Å². The molecule has 0 aliphatic heterocycles. The van der Waals surface area contributed by atoms with Crippen molar-refractivity contribution in [3.8, 4) is 0 Å². The number of sulfonamides is 1. The highest BCUT2D eigenvalue weighted by atomic mass is 32.2. The Bertz CT molecular complexity index is 488. The van der Waals surface area contributed by atoms with E-state index in [1.165, 1.54) is 12.4 Å². The molecule has 0 spiro atoms. The Balaban J connectivity index is 2.76. The minimum Gasteiger partial charge on any atom is -0.354 e. The maximum absolute atomic E-state index is 12.2. The van der Waals surface area contributed by atoms with Crippen molar-refractivity contribution in [2.45, 2.75) is 57.4 Å². The van der Waals surface area contributed by atoms with Crippen molar-refractivity contribution in [2.75, 3.05) is 11.9 Å². The molecule has 2 N–H and O–H groups in total. The van der Waals surface area contributed by atoms with Crippen LogP contribution in [0, 0.1) is 0 Å². The smallest absolute Gasteiger partial charge is 0.243 e. The Morgan fingerprint density at radius 3 is 2.30 bits per heavy atom. The summed E-state index contributed by atoms with van der Waals surface area (Å²) < 4.78 is 27.1. The molecule has 0 aliphatic rings. The Hall–Kier alpha value is -1.21. The number of hydrogen-bond acceptors (Lipinski definition) is 5. The van der Waals surface area contributed by atoms with Crippen LogP contribution in [0.2, 0.25) is 0 Å². The number of nitrogens with zero attached hydrogens (tertiary/aromatic N) is 2. The van der Waals surface area contributed by atoms with Crippen LogP contribution in [0.1, 0.15) is 46.5 Å². The second-order valence-corrected chi connectivity index (χ2v) is 6.40. The predicted octanol–water partition coefficient (Wildman–Crippen LogP) is 2.16. The Kier molecular flexibility index (Phi) is 6.87. The van der Waals surface area contributed by atoms with Gasteiger partial charge >= 0.3 is 0 Å². The van der Waals surface area contributed by atoms with Crippen molar-refractivity contribution in [3.05, 3.63) is 12.4 Å². The summed E-state index contributed by atoms with van der Waals surface area (Å²) in [6, 6.07) is -0.0390. The third kappa shape index (κ3) is 5.05. The number of anilines is 1. The largest absolute Gasteiger partial charge is 0.354 e. The molecule has 0 fully saturated rings. The average molecular weight is 300 g/mol. The van der Waals surface area contributed by atoms with E-state index < -0.39 is 10.0 Å². The number of rotatable bonds is 9. The van der Waals surface area contributed by atoms with Gasteiger partial charge in [-0.15, -0.1) is 0 Å². The van der Waals surface area contributed by atoms with E-state index in [0.29, 0.717) is 5.95 Å². The van der Waals surface area contributed by atoms with Gasteiger partial charge < -0.3 is 5.32 Å². The Labute approximate surface area is 121 Å². The molecule has 1 atom stereocenters. The molecule has 0 aromatic carbocycles. The van der Waals surface area contributed by atoms with Crippen LogP contribution in [-0.2, 0) is 10.0 Å². The normalized spacial score (nSPS) is 13.2. The van der Waals surface area contributed by atoms with Crippen LogP contribution < -0.4 is 10.0 Å². The number of nitrogens with one attached hydrogen (secondary N) is 2. The van der Waals surface area contributed by atoms with Crippen LogP contribution >= 0.6 is 0 Å². The molecule has 1 rings (SSSR count). The zero-order valence-electron chi connectivity index (χ0n) is 12.4. The second-order valence-electron chi connectivity index (χ2n) is 4.68. The first-order chi connectivity index (χ1) is 9.53. The molecular weight excluding hydrogens is 276 g/mol. The van der Waals surface area contributed by atoms with Gasteiger partial charge in [-0.05, 0) is 19.3 Å². The topological polar surface area (TPSA) is 84.0 Å². The van der Waals surface area contributed by atoms with Crippen LogP contribution in [0.4, 0.5) is 5.95 Å². The van der Waals surface area contributed by atoms with Crippen LogP contribution in [0.5, 0.6) is 0 Å². The second kappa shape index (κ2) is 8.16. The lowest BCUT2D eigenvalue weighted by Gasteiger charge is -2.16. The maximum Gasteiger partial charge on any atom is 0.243 e. The highest BCUT2D eigenvalue weighted by Gasteiger charge is 2.19. The lowest BCUT2D eigenvalue weighted by Crippen LogP contribution is -2.34. The van der Waals surface area contributed by atoms with Crippen LogP contribution in [0.25, 0.3) is 0 Å². The molecule has 0 amide bonds. The summed E-state index contributed by atoms with van der Waals surface area (Å²) in [6.07, 6.45) is 6.17. The van der Waals surface area contributed by atoms with Gasteiger partial charge in [0.25, 0.3) is 0 Å². The van der Waals surface area contributed by atoms with Gasteiger partial charge in [-0.2, -0.15) is 0 Å². The molecule has 1 heterocycles. The molecule has 6 nitrogen and oxygen atoms in total. The van der Waals surface area contributed by atoms with Gasteiger partial charge in [-0.25, -0.2) is 23.1 Å². The molecule has 0 saturated carbocycles. The summed E-state index contributed by atoms with van der Waals surface area (Å²) in [5.74, 6) is 0.450. The lowest BCUT2D eigenvalue weighted by atomic mass is 10.1. The summed E-state index contributed by atoms with van der Waals surface area (Å²) in [7, 11) is -3.53. The third-order valence-electron chi connectivity index (χ3n) is 2.92. The highest BCUT2D eigenvalue weighted by molar-refractivity contribution is 7.89. The fraction of sp³-hybridized carbons (Fsp3) is 0.692. The minimum atomic E-state index is -3.53. The van der Waals surface area contributed by atoms with E-state index >= 15 is 0 Å². The standard InChI is InChI=1S/C13H24N4O2S/c1-4-7-11(6-3)17-20(18,19)12-9-15-13(16-10-12)14-8-5-2/h9-11,17H,4-8H2,1-3H3,(H,14,15,16). The highest BCUT2D eigenvalue weighted by Crippen LogP contribution is 2.11. The first-order valence-electron chi connectivity index (χ1n) is 7.11. The fourth-order valence-electron chi connectivity index (χ4n) is 1.77. The molecular formula is C13H24N4O2S. The van der Waals surface area contributed by atoms with Gasteiger partial charge in [-0.3, -0.25) is 0 Å². The Morgan fingerprint density at radius 2 is 1.80 bits per heavy atom. The molecule has 0 bridgehead atoms. The third-order valence-corrected chi connectivity index (χ3v) is 4.40. The van der Waals surface area contributed by atoms with Crippen molar-refractivity contribution < 1.29 is 8.42 Å². The maximum atomic E-state index is 12.2. The fourth-order valence-corrected chi connectivity index (χ4v) is 3.01. The predicted molar refractivity (Wildman–Crippen MR) is 80.1 cm³/mol. The van der Waals surface area contributed by atoms with E-state index in [-0.39, 0.29) is 10.9 Å². The average Bonchev–Trinajstić information content (AvgIpc) is 2.45. The van der Waals surface area contributed by atoms with Gasteiger partial charge in [0.1, 0.15) is 4.90 Å². The molecule has 0 saturated heterocycles. The summed E-state index contributed by atoms with van der Waals surface area (Å²) in [5, 5.41) is 3.01. The molecule has 7 heteroatoms. The van der Waals surface area contributed by atoms with Gasteiger partial charge in [0.15, 0.2) is 0 Å². The van der Waals surface area contributed by atoms with Crippen LogP contribution in [-0.4, -0.2) is 31.0 Å².